The highest BCUT2D eigenvalue weighted by atomic mass is 16.2. The summed E-state index contributed by atoms with van der Waals surface area (Å²) >= 11 is 0. The van der Waals surface area contributed by atoms with Gasteiger partial charge in [0.2, 0.25) is 5.91 Å². The van der Waals surface area contributed by atoms with Crippen LogP contribution < -0.4 is 11.1 Å². The van der Waals surface area contributed by atoms with E-state index in [0.29, 0.717) is 13.0 Å². The van der Waals surface area contributed by atoms with E-state index < -0.39 is 5.41 Å². The number of anilines is 1. The summed E-state index contributed by atoms with van der Waals surface area (Å²) in [6.45, 7) is 4.62. The van der Waals surface area contributed by atoms with Gasteiger partial charge in [-0.15, -0.1) is 0 Å². The highest BCUT2D eigenvalue weighted by molar-refractivity contribution is 6.06. The molecule has 0 saturated heterocycles. The van der Waals surface area contributed by atoms with Crippen molar-refractivity contribution >= 4 is 11.6 Å². The van der Waals surface area contributed by atoms with Gasteiger partial charge in [0.1, 0.15) is 0 Å². The minimum absolute atomic E-state index is 0.0706. The Bertz CT molecular complexity index is 428. The first-order valence-corrected chi connectivity index (χ1v) is 5.76. The third-order valence-electron chi connectivity index (χ3n) is 3.48. The number of carbonyl (C=O) groups excluding carboxylic acids is 1. The number of nitrogens with one attached hydrogen (secondary N) is 1. The zero-order valence-corrected chi connectivity index (χ0v) is 9.84. The molecule has 0 aliphatic carbocycles. The number of aryl methyl sites for hydroxylation is 1. The Kier molecular flexibility index (Phi) is 2.72. The van der Waals surface area contributed by atoms with E-state index in [2.05, 4.69) is 24.4 Å². The van der Waals surface area contributed by atoms with Gasteiger partial charge in [0, 0.05) is 5.69 Å². The predicted octanol–water partition coefficient (Wildman–Crippen LogP) is 1.81. The van der Waals surface area contributed by atoms with Crippen molar-refractivity contribution in [3.63, 3.8) is 0 Å². The summed E-state index contributed by atoms with van der Waals surface area (Å²) in [5.41, 5.74) is 8.46. The fourth-order valence-corrected chi connectivity index (χ4v) is 2.30. The molecule has 0 spiro atoms. The molecule has 2 rings (SSSR count). The van der Waals surface area contributed by atoms with Gasteiger partial charge in [-0.25, -0.2) is 0 Å². The maximum absolute atomic E-state index is 12.0. The molecule has 1 aromatic carbocycles. The molecule has 16 heavy (non-hydrogen) atoms. The van der Waals surface area contributed by atoms with Crippen molar-refractivity contribution in [2.45, 2.75) is 32.1 Å². The lowest BCUT2D eigenvalue weighted by Gasteiger charge is -2.21. The van der Waals surface area contributed by atoms with Crippen LogP contribution in [0.5, 0.6) is 0 Å². The van der Waals surface area contributed by atoms with Crippen LogP contribution in [0, 0.1) is 0 Å². The Morgan fingerprint density at radius 3 is 2.81 bits per heavy atom. The average molecular weight is 218 g/mol. The zero-order valence-electron chi connectivity index (χ0n) is 9.84. The van der Waals surface area contributed by atoms with Gasteiger partial charge >= 0.3 is 0 Å². The second kappa shape index (κ2) is 3.91. The van der Waals surface area contributed by atoms with Gasteiger partial charge < -0.3 is 11.1 Å². The van der Waals surface area contributed by atoms with E-state index in [9.17, 15) is 4.79 Å². The van der Waals surface area contributed by atoms with Gasteiger partial charge in [0.25, 0.3) is 0 Å². The molecule has 0 radical (unpaired) electrons. The van der Waals surface area contributed by atoms with Crippen LogP contribution in [-0.2, 0) is 16.6 Å². The number of rotatable bonds is 3. The van der Waals surface area contributed by atoms with E-state index in [1.54, 1.807) is 0 Å². The lowest BCUT2D eigenvalue weighted by molar-refractivity contribution is -0.120. The molecule has 0 aromatic heterocycles. The van der Waals surface area contributed by atoms with Crippen molar-refractivity contribution in [2.24, 2.45) is 5.73 Å². The first-order valence-electron chi connectivity index (χ1n) is 5.76. The van der Waals surface area contributed by atoms with Crippen molar-refractivity contribution in [3.05, 3.63) is 29.3 Å². The number of benzene rings is 1. The normalized spacial score (nSPS) is 23.1. The molecule has 1 aromatic rings. The average Bonchev–Trinajstić information content (AvgIpc) is 2.52. The van der Waals surface area contributed by atoms with E-state index in [4.69, 9.17) is 5.73 Å². The summed E-state index contributed by atoms with van der Waals surface area (Å²) in [6, 6.07) is 6.18. The minimum atomic E-state index is -0.449. The molecule has 1 aliphatic rings. The van der Waals surface area contributed by atoms with Crippen LogP contribution in [-0.4, -0.2) is 12.5 Å². The van der Waals surface area contributed by atoms with Crippen LogP contribution >= 0.6 is 0 Å². The lowest BCUT2D eigenvalue weighted by Crippen LogP contribution is -2.33. The summed E-state index contributed by atoms with van der Waals surface area (Å²) in [7, 11) is 0. The molecule has 1 aliphatic heterocycles. The second-order valence-corrected chi connectivity index (χ2v) is 4.56. The van der Waals surface area contributed by atoms with Gasteiger partial charge in [0.05, 0.1) is 5.41 Å². The van der Waals surface area contributed by atoms with E-state index in [0.717, 1.165) is 17.7 Å². The SMILES string of the molecule is CCc1ccc2c(c1)C(C)(CCN)C(=O)N2. The first kappa shape index (κ1) is 11.1. The van der Waals surface area contributed by atoms with E-state index in [1.165, 1.54) is 5.56 Å². The molecule has 1 amide bonds. The highest BCUT2D eigenvalue weighted by Crippen LogP contribution is 2.40. The largest absolute Gasteiger partial charge is 0.330 e. The Morgan fingerprint density at radius 2 is 2.19 bits per heavy atom. The van der Waals surface area contributed by atoms with Crippen molar-refractivity contribution in [1.29, 1.82) is 0 Å². The van der Waals surface area contributed by atoms with Crippen LogP contribution in [0.1, 0.15) is 31.4 Å². The van der Waals surface area contributed by atoms with Crippen LogP contribution in [0.25, 0.3) is 0 Å². The van der Waals surface area contributed by atoms with E-state index in [-0.39, 0.29) is 5.91 Å². The molecule has 0 fully saturated rings. The summed E-state index contributed by atoms with van der Waals surface area (Å²) in [5.74, 6) is 0.0706. The molecule has 3 nitrogen and oxygen atoms in total. The summed E-state index contributed by atoms with van der Waals surface area (Å²) in [6.07, 6.45) is 1.68. The molecule has 1 unspecified atom stereocenters. The second-order valence-electron chi connectivity index (χ2n) is 4.56. The number of carbonyl (C=O) groups is 1. The maximum atomic E-state index is 12.0. The molecular weight excluding hydrogens is 200 g/mol. The fourth-order valence-electron chi connectivity index (χ4n) is 2.30. The fraction of sp³-hybridized carbons (Fsp3) is 0.462. The number of nitrogens with two attached hydrogens (primary N) is 1. The van der Waals surface area contributed by atoms with Gasteiger partial charge in [-0.1, -0.05) is 19.1 Å². The van der Waals surface area contributed by atoms with Crippen LogP contribution in [0.4, 0.5) is 5.69 Å². The maximum Gasteiger partial charge on any atom is 0.234 e. The number of hydrogen-bond donors (Lipinski definition) is 2. The monoisotopic (exact) mass is 218 g/mol. The van der Waals surface area contributed by atoms with Crippen LogP contribution in [0.2, 0.25) is 0 Å². The third-order valence-corrected chi connectivity index (χ3v) is 3.48. The van der Waals surface area contributed by atoms with Gasteiger partial charge in [-0.05, 0) is 43.5 Å². The van der Waals surface area contributed by atoms with Crippen molar-refractivity contribution < 1.29 is 4.79 Å². The zero-order chi connectivity index (χ0) is 11.8. The number of amides is 1. The van der Waals surface area contributed by atoms with E-state index in [1.807, 2.05) is 13.0 Å². The molecule has 86 valence electrons. The van der Waals surface area contributed by atoms with Crippen LogP contribution in [0.3, 0.4) is 0 Å². The van der Waals surface area contributed by atoms with Crippen molar-refractivity contribution in [1.82, 2.24) is 0 Å². The molecule has 0 bridgehead atoms. The van der Waals surface area contributed by atoms with E-state index >= 15 is 0 Å². The third kappa shape index (κ3) is 1.52. The van der Waals surface area contributed by atoms with Gasteiger partial charge in [-0.2, -0.15) is 0 Å². The Morgan fingerprint density at radius 1 is 1.44 bits per heavy atom. The topological polar surface area (TPSA) is 55.1 Å². The molecule has 1 heterocycles. The molecule has 1 atom stereocenters. The summed E-state index contributed by atoms with van der Waals surface area (Å²) in [4.78, 5) is 12.0. The highest BCUT2D eigenvalue weighted by Gasteiger charge is 2.41. The smallest absolute Gasteiger partial charge is 0.234 e. The quantitative estimate of drug-likeness (QED) is 0.813. The number of fused-ring (bicyclic) bond motifs is 1. The molecule has 0 saturated carbocycles. The predicted molar refractivity (Wildman–Crippen MR) is 65.5 cm³/mol. The Labute approximate surface area is 96.0 Å². The van der Waals surface area contributed by atoms with Gasteiger partial charge in [-0.3, -0.25) is 4.79 Å². The Hall–Kier alpha value is -1.35. The summed E-state index contributed by atoms with van der Waals surface area (Å²) in [5, 5.41) is 2.93. The molecule has 3 heteroatoms. The Balaban J connectivity index is 2.49. The molecular formula is C13H18N2O. The first-order chi connectivity index (χ1) is 7.61. The minimum Gasteiger partial charge on any atom is -0.330 e. The van der Waals surface area contributed by atoms with Crippen molar-refractivity contribution in [2.75, 3.05) is 11.9 Å². The standard InChI is InChI=1S/C13H18N2O/c1-3-9-4-5-11-10(8-9)13(2,6-7-14)12(16)15-11/h4-5,8H,3,6-7,14H2,1-2H3,(H,15,16). The summed E-state index contributed by atoms with van der Waals surface area (Å²) < 4.78 is 0. The van der Waals surface area contributed by atoms with Crippen LogP contribution in [0.15, 0.2) is 18.2 Å². The van der Waals surface area contributed by atoms with Gasteiger partial charge in [0.15, 0.2) is 0 Å². The lowest BCUT2D eigenvalue weighted by atomic mass is 9.80. The number of hydrogen-bond acceptors (Lipinski definition) is 2. The molecule has 3 N–H and O–H groups in total. The van der Waals surface area contributed by atoms with Crippen molar-refractivity contribution in [3.8, 4) is 0 Å².